The molecule has 4 nitrogen and oxygen atoms in total. The fourth-order valence-corrected chi connectivity index (χ4v) is 1.85. The van der Waals surface area contributed by atoms with Gasteiger partial charge in [0.2, 0.25) is 0 Å². The first kappa shape index (κ1) is 10.1. The third-order valence-electron chi connectivity index (χ3n) is 2.59. The van der Waals surface area contributed by atoms with Crippen molar-refractivity contribution in [2.45, 2.75) is 6.10 Å². The van der Waals surface area contributed by atoms with Gasteiger partial charge in [0, 0.05) is 11.5 Å². The number of aliphatic hydroxyl groups excluding tert-OH is 1. The molecule has 0 aromatic carbocycles. The van der Waals surface area contributed by atoms with Crippen LogP contribution >= 0.6 is 0 Å². The van der Waals surface area contributed by atoms with Crippen molar-refractivity contribution in [2.75, 3.05) is 13.2 Å². The molecule has 0 aromatic heterocycles. The monoisotopic (exact) mass is 207 g/mol. The number of hydrogen-bond acceptors (Lipinski definition) is 4. The van der Waals surface area contributed by atoms with Gasteiger partial charge in [0.25, 0.3) is 0 Å². The Labute approximate surface area is 87.7 Å². The number of hydrogen-bond donors (Lipinski definition) is 2. The molecule has 2 aliphatic rings. The van der Waals surface area contributed by atoms with Crippen molar-refractivity contribution >= 4 is 5.78 Å². The summed E-state index contributed by atoms with van der Waals surface area (Å²) < 4.78 is 5.47. The molecule has 15 heavy (non-hydrogen) atoms. The van der Waals surface area contributed by atoms with Crippen molar-refractivity contribution in [1.29, 1.82) is 0 Å². The third kappa shape index (κ3) is 1.73. The Balaban J connectivity index is 2.21. The van der Waals surface area contributed by atoms with Gasteiger partial charge in [0.1, 0.15) is 18.5 Å². The Morgan fingerprint density at radius 3 is 3.07 bits per heavy atom. The highest BCUT2D eigenvalue weighted by atomic mass is 16.5. The minimum atomic E-state index is -0.298. The number of fused-ring (bicyclic) bond motifs is 1. The topological polar surface area (TPSA) is 72.6 Å². The van der Waals surface area contributed by atoms with Crippen molar-refractivity contribution in [2.24, 2.45) is 11.7 Å². The van der Waals surface area contributed by atoms with Gasteiger partial charge in [-0.25, -0.2) is 0 Å². The molecule has 0 saturated carbocycles. The molecule has 0 amide bonds. The first-order chi connectivity index (χ1) is 7.26. The van der Waals surface area contributed by atoms with Crippen LogP contribution in [-0.2, 0) is 9.53 Å². The molecule has 0 radical (unpaired) electrons. The summed E-state index contributed by atoms with van der Waals surface area (Å²) in [7, 11) is 0. The van der Waals surface area contributed by atoms with Gasteiger partial charge < -0.3 is 15.6 Å². The van der Waals surface area contributed by atoms with E-state index in [1.807, 2.05) is 18.2 Å². The van der Waals surface area contributed by atoms with E-state index in [1.54, 1.807) is 6.08 Å². The zero-order chi connectivity index (χ0) is 10.8. The number of aliphatic hydroxyl groups is 1. The average Bonchev–Trinajstić information content (AvgIpc) is 2.70. The summed E-state index contributed by atoms with van der Waals surface area (Å²) in [5.41, 5.74) is 5.90. The zero-order valence-electron chi connectivity index (χ0n) is 8.22. The molecule has 80 valence electrons. The molecule has 3 N–H and O–H groups in total. The number of ether oxygens (including phenoxy) is 1. The summed E-state index contributed by atoms with van der Waals surface area (Å²) in [5, 5.41) is 8.95. The van der Waals surface area contributed by atoms with Crippen LogP contribution in [0, 0.1) is 5.92 Å². The van der Waals surface area contributed by atoms with E-state index < -0.39 is 0 Å². The molecule has 0 aromatic rings. The van der Waals surface area contributed by atoms with Gasteiger partial charge in [-0.2, -0.15) is 0 Å². The Morgan fingerprint density at radius 1 is 1.60 bits per heavy atom. The van der Waals surface area contributed by atoms with E-state index in [2.05, 4.69) is 0 Å². The zero-order valence-corrected chi connectivity index (χ0v) is 8.22. The number of rotatable bonds is 3. The largest absolute Gasteiger partial charge is 0.487 e. The molecule has 1 heterocycles. The van der Waals surface area contributed by atoms with Gasteiger partial charge in [0.15, 0.2) is 5.78 Å². The first-order valence-electron chi connectivity index (χ1n) is 4.86. The summed E-state index contributed by atoms with van der Waals surface area (Å²) in [6, 6.07) is 0. The molecule has 0 spiro atoms. The molecular weight excluding hydrogens is 194 g/mol. The Morgan fingerprint density at radius 2 is 2.40 bits per heavy atom. The molecule has 4 heteroatoms. The SMILES string of the molecule is NCC(=O)C1=CC=CC2C=C(CO)OC12. The van der Waals surface area contributed by atoms with Crippen LogP contribution in [0.3, 0.4) is 0 Å². The number of ketones is 1. The van der Waals surface area contributed by atoms with Crippen molar-refractivity contribution in [3.05, 3.63) is 35.6 Å². The lowest BCUT2D eigenvalue weighted by atomic mass is 9.89. The summed E-state index contributed by atoms with van der Waals surface area (Å²) in [4.78, 5) is 11.5. The minimum absolute atomic E-state index is 0.0132. The molecular formula is C11H13NO3. The predicted molar refractivity (Wildman–Crippen MR) is 54.8 cm³/mol. The lowest BCUT2D eigenvalue weighted by Crippen LogP contribution is -2.29. The van der Waals surface area contributed by atoms with Crippen LogP contribution in [0.4, 0.5) is 0 Å². The summed E-state index contributed by atoms with van der Waals surface area (Å²) in [6.45, 7) is -0.147. The van der Waals surface area contributed by atoms with Crippen LogP contribution in [0.25, 0.3) is 0 Å². The molecule has 2 unspecified atom stereocenters. The number of Topliss-reactive ketones (excluding diaryl/α,β-unsaturated/α-hetero) is 1. The van der Waals surface area contributed by atoms with Gasteiger partial charge in [-0.05, 0) is 6.08 Å². The maximum absolute atomic E-state index is 11.5. The Bertz CT molecular complexity index is 368. The van der Waals surface area contributed by atoms with E-state index >= 15 is 0 Å². The Kier molecular flexibility index (Phi) is 2.70. The third-order valence-corrected chi connectivity index (χ3v) is 2.59. The van der Waals surface area contributed by atoms with Crippen molar-refractivity contribution in [3.63, 3.8) is 0 Å². The molecule has 0 saturated heterocycles. The van der Waals surface area contributed by atoms with E-state index in [1.165, 1.54) is 0 Å². The van der Waals surface area contributed by atoms with Crippen molar-refractivity contribution in [1.82, 2.24) is 0 Å². The smallest absolute Gasteiger partial charge is 0.176 e. The highest BCUT2D eigenvalue weighted by molar-refractivity contribution is 5.98. The normalized spacial score (nSPS) is 27.9. The van der Waals surface area contributed by atoms with E-state index in [0.29, 0.717) is 11.3 Å². The van der Waals surface area contributed by atoms with Gasteiger partial charge in [0.05, 0.1) is 6.54 Å². The van der Waals surface area contributed by atoms with Gasteiger partial charge in [-0.1, -0.05) is 18.2 Å². The second-order valence-electron chi connectivity index (χ2n) is 3.54. The molecule has 1 aliphatic carbocycles. The lowest BCUT2D eigenvalue weighted by Gasteiger charge is -2.21. The van der Waals surface area contributed by atoms with Crippen LogP contribution in [0.2, 0.25) is 0 Å². The number of allylic oxidation sites excluding steroid dienone is 2. The second kappa shape index (κ2) is 4.00. The summed E-state index contributed by atoms with van der Waals surface area (Å²) in [6.07, 6.45) is 7.03. The molecule has 2 atom stereocenters. The van der Waals surface area contributed by atoms with Gasteiger partial charge >= 0.3 is 0 Å². The minimum Gasteiger partial charge on any atom is -0.487 e. The van der Waals surface area contributed by atoms with E-state index in [0.717, 1.165) is 0 Å². The second-order valence-corrected chi connectivity index (χ2v) is 3.54. The fraction of sp³-hybridized carbons (Fsp3) is 0.364. The predicted octanol–water partition coefficient (Wildman–Crippen LogP) is -0.0984. The van der Waals surface area contributed by atoms with Crippen LogP contribution in [0.1, 0.15) is 0 Å². The molecule has 0 bridgehead atoms. The van der Waals surface area contributed by atoms with Crippen LogP contribution < -0.4 is 5.73 Å². The van der Waals surface area contributed by atoms with Gasteiger partial charge in [-0.15, -0.1) is 0 Å². The first-order valence-corrected chi connectivity index (χ1v) is 4.86. The highest BCUT2D eigenvalue weighted by Crippen LogP contribution is 2.32. The highest BCUT2D eigenvalue weighted by Gasteiger charge is 2.34. The van der Waals surface area contributed by atoms with E-state index in [9.17, 15) is 4.79 Å². The van der Waals surface area contributed by atoms with Crippen molar-refractivity contribution in [3.8, 4) is 0 Å². The summed E-state index contributed by atoms with van der Waals surface area (Å²) >= 11 is 0. The molecule has 1 aliphatic heterocycles. The maximum atomic E-state index is 11.5. The van der Waals surface area contributed by atoms with E-state index in [-0.39, 0.29) is 31.0 Å². The molecule has 2 rings (SSSR count). The van der Waals surface area contributed by atoms with Crippen LogP contribution in [0.5, 0.6) is 0 Å². The standard InChI is InChI=1S/C11H13NO3/c12-5-10(14)9-3-1-2-7-4-8(6-13)15-11(7)9/h1-4,7,11,13H,5-6,12H2. The van der Waals surface area contributed by atoms with E-state index in [4.69, 9.17) is 15.6 Å². The van der Waals surface area contributed by atoms with Crippen LogP contribution in [-0.4, -0.2) is 30.1 Å². The average molecular weight is 207 g/mol. The quantitative estimate of drug-likeness (QED) is 0.678. The lowest BCUT2D eigenvalue weighted by molar-refractivity contribution is -0.115. The van der Waals surface area contributed by atoms with Crippen LogP contribution in [0.15, 0.2) is 35.6 Å². The summed E-state index contributed by atoms with van der Waals surface area (Å²) in [5.74, 6) is 0.455. The Hall–Kier alpha value is -1.39. The number of carbonyl (C=O) groups is 1. The number of carbonyl (C=O) groups excluding carboxylic acids is 1. The number of nitrogens with two attached hydrogens (primary N) is 1. The maximum Gasteiger partial charge on any atom is 0.176 e. The van der Waals surface area contributed by atoms with Crippen molar-refractivity contribution < 1.29 is 14.6 Å². The van der Waals surface area contributed by atoms with Gasteiger partial charge in [-0.3, -0.25) is 4.79 Å². The fourth-order valence-electron chi connectivity index (χ4n) is 1.85. The molecule has 0 fully saturated rings.